The van der Waals surface area contributed by atoms with Crippen molar-refractivity contribution in [3.8, 4) is 0 Å². The number of aromatic nitrogens is 3. The minimum atomic E-state index is -0.511. The number of rotatable bonds is 6. The average molecular weight is 261 g/mol. The Bertz CT molecular complexity index is 567. The van der Waals surface area contributed by atoms with Gasteiger partial charge in [-0.25, -0.2) is 4.98 Å². The van der Waals surface area contributed by atoms with Crippen molar-refractivity contribution in [2.45, 2.75) is 19.9 Å². The Morgan fingerprint density at radius 2 is 2.26 bits per heavy atom. The van der Waals surface area contributed by atoms with E-state index in [1.165, 1.54) is 10.7 Å². The molecule has 0 aliphatic heterocycles. The lowest BCUT2D eigenvalue weighted by Crippen LogP contribution is -2.06. The molecule has 0 amide bonds. The van der Waals surface area contributed by atoms with Gasteiger partial charge >= 0.3 is 5.82 Å². The molecule has 0 spiro atoms. The molecule has 0 saturated heterocycles. The zero-order valence-electron chi connectivity index (χ0n) is 10.6. The second-order valence-electron chi connectivity index (χ2n) is 4.07. The molecule has 2 heterocycles. The van der Waals surface area contributed by atoms with Gasteiger partial charge < -0.3 is 15.4 Å². The fourth-order valence-corrected chi connectivity index (χ4v) is 1.62. The maximum Gasteiger partial charge on any atom is 0.389 e. The summed E-state index contributed by atoms with van der Waals surface area (Å²) in [5.74, 6) is 0.654. The van der Waals surface area contributed by atoms with E-state index in [-0.39, 0.29) is 5.82 Å². The van der Waals surface area contributed by atoms with Crippen molar-refractivity contribution in [1.82, 2.24) is 14.8 Å². The van der Waals surface area contributed by atoms with Crippen LogP contribution in [0.4, 0.5) is 11.6 Å². The van der Waals surface area contributed by atoms with E-state index in [1.807, 2.05) is 18.2 Å². The van der Waals surface area contributed by atoms with Crippen molar-refractivity contribution in [2.24, 2.45) is 0 Å². The molecule has 2 aromatic rings. The summed E-state index contributed by atoms with van der Waals surface area (Å²) in [4.78, 5) is 14.5. The number of nitrogens with one attached hydrogen (secondary N) is 1. The van der Waals surface area contributed by atoms with Gasteiger partial charge in [-0.3, -0.25) is 0 Å². The molecule has 0 saturated carbocycles. The van der Waals surface area contributed by atoms with E-state index in [1.54, 1.807) is 6.20 Å². The van der Waals surface area contributed by atoms with Gasteiger partial charge in [0.25, 0.3) is 0 Å². The van der Waals surface area contributed by atoms with Crippen LogP contribution in [0, 0.1) is 10.1 Å². The molecule has 19 heavy (non-hydrogen) atoms. The molecule has 0 radical (unpaired) electrons. The second kappa shape index (κ2) is 5.94. The lowest BCUT2D eigenvalue weighted by atomic mass is 10.3. The minimum absolute atomic E-state index is 0.153. The smallest absolute Gasteiger partial charge is 0.370 e. The zero-order chi connectivity index (χ0) is 13.7. The molecule has 7 heteroatoms. The van der Waals surface area contributed by atoms with Crippen molar-refractivity contribution in [3.05, 3.63) is 46.3 Å². The summed E-state index contributed by atoms with van der Waals surface area (Å²) in [6.45, 7) is 3.36. The second-order valence-corrected chi connectivity index (χ2v) is 4.07. The Hall–Kier alpha value is -2.44. The molecule has 2 rings (SSSR count). The molecule has 100 valence electrons. The third kappa shape index (κ3) is 3.51. The molecule has 2 aromatic heterocycles. The summed E-state index contributed by atoms with van der Waals surface area (Å²) in [6.07, 6.45) is 2.60. The van der Waals surface area contributed by atoms with Gasteiger partial charge in [0.15, 0.2) is 0 Å². The molecule has 0 aliphatic rings. The van der Waals surface area contributed by atoms with Crippen molar-refractivity contribution in [3.63, 3.8) is 0 Å². The Kier molecular flexibility index (Phi) is 4.07. The highest BCUT2D eigenvalue weighted by Crippen LogP contribution is 2.09. The molecule has 0 unspecified atom stereocenters. The van der Waals surface area contributed by atoms with Crippen molar-refractivity contribution in [1.29, 1.82) is 0 Å². The Morgan fingerprint density at radius 3 is 2.95 bits per heavy atom. The first-order valence-electron chi connectivity index (χ1n) is 6.06. The zero-order valence-corrected chi connectivity index (χ0v) is 10.6. The van der Waals surface area contributed by atoms with Gasteiger partial charge in [0.05, 0.1) is 23.1 Å². The van der Waals surface area contributed by atoms with Crippen molar-refractivity contribution < 1.29 is 4.92 Å². The predicted molar refractivity (Wildman–Crippen MR) is 71.0 cm³/mol. The maximum atomic E-state index is 10.5. The number of nitrogens with zero attached hydrogens (tertiary/aromatic N) is 4. The van der Waals surface area contributed by atoms with Crippen LogP contribution in [0.2, 0.25) is 0 Å². The molecule has 1 N–H and O–H groups in total. The largest absolute Gasteiger partial charge is 0.389 e. The van der Waals surface area contributed by atoms with Gasteiger partial charge in [-0.2, -0.15) is 4.68 Å². The summed E-state index contributed by atoms with van der Waals surface area (Å²) in [6, 6.07) is 7.03. The molecular formula is C12H15N5O2. The Labute approximate surface area is 110 Å². The van der Waals surface area contributed by atoms with Crippen LogP contribution in [0.1, 0.15) is 19.0 Å². The standard InChI is InChI=1S/C12H15N5O2/c1-2-7-13-11-5-3-4-10(14-11)9-16-8-6-12(15-16)17(18)19/h3-6,8H,2,7,9H2,1H3,(H,13,14). The van der Waals surface area contributed by atoms with Crippen molar-refractivity contribution in [2.75, 3.05) is 11.9 Å². The van der Waals surface area contributed by atoms with E-state index in [0.717, 1.165) is 24.5 Å². The van der Waals surface area contributed by atoms with Gasteiger partial charge in [0.1, 0.15) is 12.4 Å². The molecule has 0 atom stereocenters. The van der Waals surface area contributed by atoms with Crippen LogP contribution < -0.4 is 5.32 Å². The minimum Gasteiger partial charge on any atom is -0.370 e. The predicted octanol–water partition coefficient (Wildman–Crippen LogP) is 2.06. The van der Waals surface area contributed by atoms with E-state index in [0.29, 0.717) is 6.54 Å². The first kappa shape index (κ1) is 13.0. The molecular weight excluding hydrogens is 246 g/mol. The normalized spacial score (nSPS) is 10.4. The van der Waals surface area contributed by atoms with E-state index < -0.39 is 4.92 Å². The van der Waals surface area contributed by atoms with Crippen LogP contribution in [0.25, 0.3) is 0 Å². The SMILES string of the molecule is CCCNc1cccc(Cn2ccc([N+](=O)[O-])n2)n1. The third-order valence-corrected chi connectivity index (χ3v) is 2.50. The lowest BCUT2D eigenvalue weighted by Gasteiger charge is -2.05. The van der Waals surface area contributed by atoms with Crippen LogP contribution in [0.5, 0.6) is 0 Å². The van der Waals surface area contributed by atoms with E-state index >= 15 is 0 Å². The summed E-state index contributed by atoms with van der Waals surface area (Å²) in [5, 5.41) is 17.6. The maximum absolute atomic E-state index is 10.5. The molecule has 0 fully saturated rings. The molecule has 7 nitrogen and oxygen atoms in total. The highest BCUT2D eigenvalue weighted by molar-refractivity contribution is 5.35. The van der Waals surface area contributed by atoms with Gasteiger partial charge in [0.2, 0.25) is 0 Å². The number of anilines is 1. The van der Waals surface area contributed by atoms with E-state index in [2.05, 4.69) is 22.3 Å². The highest BCUT2D eigenvalue weighted by atomic mass is 16.6. The van der Waals surface area contributed by atoms with Crippen LogP contribution >= 0.6 is 0 Å². The van der Waals surface area contributed by atoms with Crippen LogP contribution in [-0.4, -0.2) is 26.2 Å². The van der Waals surface area contributed by atoms with Crippen molar-refractivity contribution >= 4 is 11.6 Å². The van der Waals surface area contributed by atoms with Gasteiger partial charge in [0, 0.05) is 6.54 Å². The Morgan fingerprint density at radius 1 is 1.42 bits per heavy atom. The summed E-state index contributed by atoms with van der Waals surface area (Å²) in [7, 11) is 0. The molecule has 0 aliphatic carbocycles. The molecule has 0 bridgehead atoms. The highest BCUT2D eigenvalue weighted by Gasteiger charge is 2.11. The lowest BCUT2D eigenvalue weighted by molar-refractivity contribution is -0.389. The monoisotopic (exact) mass is 261 g/mol. The van der Waals surface area contributed by atoms with Gasteiger partial charge in [-0.05, 0) is 23.5 Å². The first-order chi connectivity index (χ1) is 9.19. The number of nitro groups is 1. The van der Waals surface area contributed by atoms with Gasteiger partial charge in [-0.1, -0.05) is 13.0 Å². The number of hydrogen-bond acceptors (Lipinski definition) is 5. The number of hydrogen-bond donors (Lipinski definition) is 1. The summed E-state index contributed by atoms with van der Waals surface area (Å²) < 4.78 is 1.50. The molecule has 0 aromatic carbocycles. The summed E-state index contributed by atoms with van der Waals surface area (Å²) >= 11 is 0. The Balaban J connectivity index is 2.07. The average Bonchev–Trinajstić information content (AvgIpc) is 2.85. The third-order valence-electron chi connectivity index (χ3n) is 2.50. The number of pyridine rings is 1. The van der Waals surface area contributed by atoms with Crippen LogP contribution in [0.15, 0.2) is 30.5 Å². The summed E-state index contributed by atoms with van der Waals surface area (Å²) in [5.41, 5.74) is 0.805. The van der Waals surface area contributed by atoms with E-state index in [9.17, 15) is 10.1 Å². The van der Waals surface area contributed by atoms with Crippen LogP contribution in [0.3, 0.4) is 0 Å². The van der Waals surface area contributed by atoms with Crippen LogP contribution in [-0.2, 0) is 6.54 Å². The quantitative estimate of drug-likeness (QED) is 0.635. The fraction of sp³-hybridized carbons (Fsp3) is 0.333. The van der Waals surface area contributed by atoms with Gasteiger partial charge in [-0.15, -0.1) is 0 Å². The topological polar surface area (TPSA) is 85.9 Å². The van der Waals surface area contributed by atoms with E-state index in [4.69, 9.17) is 0 Å². The fourth-order valence-electron chi connectivity index (χ4n) is 1.62. The first-order valence-corrected chi connectivity index (χ1v) is 6.06.